The summed E-state index contributed by atoms with van der Waals surface area (Å²) in [5, 5.41) is 0.424. The molecule has 0 heterocycles. The highest BCUT2D eigenvalue weighted by Gasteiger charge is 2.08. The van der Waals surface area contributed by atoms with E-state index < -0.39 is 0 Å². The fraction of sp³-hybridized carbons (Fsp3) is 1.00. The van der Waals surface area contributed by atoms with E-state index in [0.29, 0.717) is 5.38 Å². The summed E-state index contributed by atoms with van der Waals surface area (Å²) in [5.74, 6) is 0. The van der Waals surface area contributed by atoms with Gasteiger partial charge in [-0.25, -0.2) is 0 Å². The Morgan fingerprint density at radius 1 is 1.00 bits per heavy atom. The summed E-state index contributed by atoms with van der Waals surface area (Å²) in [5.41, 5.74) is 0. The molecule has 0 N–H and O–H groups in total. The minimum absolute atomic E-state index is 0.424. The molecule has 3 heteroatoms. The number of unbranched alkanes of at least 4 members (excludes halogenated alkanes) is 2. The first-order valence-electron chi connectivity index (χ1n) is 6.04. The van der Waals surface area contributed by atoms with E-state index in [0.717, 1.165) is 3.92 Å². The monoisotopic (exact) mass is 456 g/mol. The lowest BCUT2D eigenvalue weighted by molar-refractivity contribution is 0.583. The van der Waals surface area contributed by atoms with E-state index in [1.807, 2.05) is 0 Å². The molecule has 0 amide bonds. The summed E-state index contributed by atoms with van der Waals surface area (Å²) in [4.78, 5) is 0. The molecule has 0 nitrogen and oxygen atoms in total. The number of rotatable bonds is 10. The lowest BCUT2D eigenvalue weighted by atomic mass is 10.1. The van der Waals surface area contributed by atoms with Gasteiger partial charge in [0.25, 0.3) is 0 Å². The van der Waals surface area contributed by atoms with Gasteiger partial charge in [0.05, 0.1) is 0 Å². The molecule has 0 bridgehead atoms. The smallest absolute Gasteiger partial charge is 0.0336 e. The van der Waals surface area contributed by atoms with E-state index in [2.05, 4.69) is 52.1 Å². The van der Waals surface area contributed by atoms with Gasteiger partial charge >= 0.3 is 0 Å². The molecule has 15 heavy (non-hydrogen) atoms. The minimum atomic E-state index is 0.424. The van der Waals surface area contributed by atoms with Gasteiger partial charge in [-0.3, -0.25) is 0 Å². The highest BCUT2D eigenvalue weighted by Crippen LogP contribution is 2.21. The van der Waals surface area contributed by atoms with Crippen molar-refractivity contribution in [2.45, 2.75) is 67.6 Å². The van der Waals surface area contributed by atoms with E-state index in [1.54, 1.807) is 0 Å². The number of halogens is 3. The lowest BCUT2D eigenvalue weighted by Crippen LogP contribution is -2.05. The van der Waals surface area contributed by atoms with Crippen molar-refractivity contribution < 1.29 is 0 Å². The Balaban J connectivity index is 3.31. The third-order valence-electron chi connectivity index (χ3n) is 2.57. The molecule has 0 fully saturated rings. The molecule has 92 valence electrons. The summed E-state index contributed by atoms with van der Waals surface area (Å²) < 4.78 is 2.13. The second-order valence-corrected chi connectivity index (χ2v) is 7.56. The summed E-state index contributed by atoms with van der Waals surface area (Å²) >= 11 is 11.3. The Hall–Kier alpha value is 1.75. The Morgan fingerprint density at radius 2 is 1.73 bits per heavy atom. The molecule has 0 radical (unpaired) electrons. The van der Waals surface area contributed by atoms with Crippen molar-refractivity contribution in [2.24, 2.45) is 0 Å². The van der Waals surface area contributed by atoms with E-state index in [-0.39, 0.29) is 0 Å². The zero-order chi connectivity index (χ0) is 11.5. The summed E-state index contributed by atoms with van der Waals surface area (Å²) in [6.45, 7) is 2.24. The van der Waals surface area contributed by atoms with E-state index in [9.17, 15) is 0 Å². The van der Waals surface area contributed by atoms with E-state index in [4.69, 9.17) is 11.6 Å². The van der Waals surface area contributed by atoms with Crippen molar-refractivity contribution in [3.05, 3.63) is 0 Å². The normalized spacial score (nSPS) is 15.2. The maximum absolute atomic E-state index is 6.29. The maximum atomic E-state index is 6.29. The molecular formula is C12H23ClI2. The lowest BCUT2D eigenvalue weighted by Gasteiger charge is -2.12. The van der Waals surface area contributed by atoms with Gasteiger partial charge in [0.15, 0.2) is 0 Å². The van der Waals surface area contributed by atoms with Crippen LogP contribution in [0.1, 0.15) is 58.3 Å². The van der Waals surface area contributed by atoms with Gasteiger partial charge in [-0.05, 0) is 36.5 Å². The molecule has 2 unspecified atom stereocenters. The fourth-order valence-corrected chi connectivity index (χ4v) is 3.09. The van der Waals surface area contributed by atoms with Crippen LogP contribution in [0.4, 0.5) is 0 Å². The molecule has 0 aromatic rings. The maximum Gasteiger partial charge on any atom is 0.0336 e. The van der Waals surface area contributed by atoms with Crippen LogP contribution in [0.15, 0.2) is 0 Å². The van der Waals surface area contributed by atoms with Gasteiger partial charge in [0.2, 0.25) is 0 Å². The third-order valence-corrected chi connectivity index (χ3v) is 5.01. The number of alkyl halides is 3. The van der Waals surface area contributed by atoms with Crippen LogP contribution in [0.2, 0.25) is 0 Å². The van der Waals surface area contributed by atoms with E-state index >= 15 is 0 Å². The van der Waals surface area contributed by atoms with Crippen LogP contribution in [-0.2, 0) is 0 Å². The van der Waals surface area contributed by atoms with Crippen LogP contribution >= 0.6 is 56.8 Å². The number of hydrogen-bond donors (Lipinski definition) is 0. The third kappa shape index (κ3) is 12.0. The Kier molecular flexibility index (Phi) is 13.6. The van der Waals surface area contributed by atoms with Crippen molar-refractivity contribution in [3.63, 3.8) is 0 Å². The van der Waals surface area contributed by atoms with Gasteiger partial charge < -0.3 is 0 Å². The first-order valence-corrected chi connectivity index (χ1v) is 9.25. The Labute approximate surface area is 128 Å². The van der Waals surface area contributed by atoms with Crippen LogP contribution in [0.5, 0.6) is 0 Å². The largest absolute Gasteiger partial charge is 0.123 e. The molecule has 0 aromatic carbocycles. The molecular weight excluding hydrogens is 433 g/mol. The fourth-order valence-electron chi connectivity index (χ4n) is 1.56. The summed E-state index contributed by atoms with van der Waals surface area (Å²) in [6.07, 6.45) is 10.4. The van der Waals surface area contributed by atoms with Crippen LogP contribution in [0.25, 0.3) is 0 Å². The average molecular weight is 457 g/mol. The predicted molar refractivity (Wildman–Crippen MR) is 88.9 cm³/mol. The first kappa shape index (κ1) is 16.8. The number of hydrogen-bond acceptors (Lipinski definition) is 0. The highest BCUT2D eigenvalue weighted by molar-refractivity contribution is 14.1. The van der Waals surface area contributed by atoms with Crippen molar-refractivity contribution in [1.29, 1.82) is 0 Å². The highest BCUT2D eigenvalue weighted by atomic mass is 127. The second-order valence-electron chi connectivity index (χ2n) is 4.10. The SMILES string of the molecule is CCCCCC(Cl)CCC(I)CCCI. The summed E-state index contributed by atoms with van der Waals surface area (Å²) in [7, 11) is 0. The van der Waals surface area contributed by atoms with Gasteiger partial charge in [-0.1, -0.05) is 71.4 Å². The molecule has 0 saturated heterocycles. The van der Waals surface area contributed by atoms with Crippen LogP contribution in [0.3, 0.4) is 0 Å². The topological polar surface area (TPSA) is 0 Å². The van der Waals surface area contributed by atoms with Crippen LogP contribution in [-0.4, -0.2) is 13.7 Å². The predicted octanol–water partition coefficient (Wildman–Crippen LogP) is 5.97. The van der Waals surface area contributed by atoms with E-state index in [1.165, 1.54) is 55.8 Å². The van der Waals surface area contributed by atoms with Crippen LogP contribution < -0.4 is 0 Å². The summed E-state index contributed by atoms with van der Waals surface area (Å²) in [6, 6.07) is 0. The average Bonchev–Trinajstić information content (AvgIpc) is 2.24. The Bertz CT molecular complexity index is 131. The second kappa shape index (κ2) is 12.2. The van der Waals surface area contributed by atoms with Crippen molar-refractivity contribution in [2.75, 3.05) is 4.43 Å². The van der Waals surface area contributed by atoms with Crippen molar-refractivity contribution in [1.82, 2.24) is 0 Å². The molecule has 0 aliphatic carbocycles. The first-order chi connectivity index (χ1) is 7.20. The zero-order valence-corrected chi connectivity index (χ0v) is 14.7. The molecule has 0 aromatic heterocycles. The zero-order valence-electron chi connectivity index (χ0n) is 9.65. The molecule has 0 spiro atoms. The van der Waals surface area contributed by atoms with Crippen LogP contribution in [0, 0.1) is 0 Å². The molecule has 0 aliphatic heterocycles. The van der Waals surface area contributed by atoms with Crippen molar-refractivity contribution in [3.8, 4) is 0 Å². The standard InChI is InChI=1S/C12H23ClI2/c1-2-3-4-6-11(13)8-9-12(15)7-5-10-14/h11-12H,2-10H2,1H3. The van der Waals surface area contributed by atoms with Gasteiger partial charge in [-0.2, -0.15) is 0 Å². The molecule has 0 saturated carbocycles. The quantitative estimate of drug-likeness (QED) is 0.216. The van der Waals surface area contributed by atoms with Gasteiger partial charge in [-0.15, -0.1) is 11.6 Å². The van der Waals surface area contributed by atoms with Crippen molar-refractivity contribution >= 4 is 56.8 Å². The molecule has 0 rings (SSSR count). The Morgan fingerprint density at radius 3 is 2.33 bits per heavy atom. The van der Waals surface area contributed by atoms with Gasteiger partial charge in [0, 0.05) is 9.30 Å². The molecule has 0 aliphatic rings. The van der Waals surface area contributed by atoms with Gasteiger partial charge in [0.1, 0.15) is 0 Å². The minimum Gasteiger partial charge on any atom is -0.123 e. The molecule has 2 atom stereocenters.